The first-order valence-electron chi connectivity index (χ1n) is 6.09. The molecule has 1 fully saturated rings. The van der Waals surface area contributed by atoms with Gasteiger partial charge in [0.25, 0.3) is 0 Å². The molecule has 0 spiro atoms. The van der Waals surface area contributed by atoms with Crippen molar-refractivity contribution in [1.82, 2.24) is 14.9 Å². The van der Waals surface area contributed by atoms with E-state index >= 15 is 0 Å². The van der Waals surface area contributed by atoms with Crippen molar-refractivity contribution >= 4 is 5.84 Å². The lowest BCUT2D eigenvalue weighted by atomic mass is 10.2. The molecule has 0 unspecified atom stereocenters. The van der Waals surface area contributed by atoms with Crippen molar-refractivity contribution in [3.63, 3.8) is 0 Å². The normalized spacial score (nSPS) is 14.6. The van der Waals surface area contributed by atoms with Crippen LogP contribution in [0.5, 0.6) is 0 Å². The molecule has 98 valence electrons. The van der Waals surface area contributed by atoms with Crippen molar-refractivity contribution in [1.29, 1.82) is 10.8 Å². The minimum Gasteiger partial charge on any atom is -0.360 e. The van der Waals surface area contributed by atoms with Crippen LogP contribution in [0.2, 0.25) is 0 Å². The van der Waals surface area contributed by atoms with Crippen molar-refractivity contribution < 1.29 is 4.52 Å². The second-order valence-corrected chi connectivity index (χ2v) is 4.56. The lowest BCUT2D eigenvalue weighted by molar-refractivity contribution is 0.386. The Morgan fingerprint density at radius 1 is 1.42 bits per heavy atom. The molecule has 0 amide bonds. The summed E-state index contributed by atoms with van der Waals surface area (Å²) in [6.45, 7) is 0.0269. The van der Waals surface area contributed by atoms with Gasteiger partial charge in [-0.1, -0.05) is 5.16 Å². The summed E-state index contributed by atoms with van der Waals surface area (Å²) >= 11 is 0. The maximum atomic E-state index is 7.71. The number of nitrogens with one attached hydrogen (secondary N) is 2. The van der Waals surface area contributed by atoms with Gasteiger partial charge in [-0.05, 0) is 25.0 Å². The minimum atomic E-state index is 0.0269. The zero-order valence-electron chi connectivity index (χ0n) is 10.3. The standard InChI is InChI=1S/C12H14N6O/c13-6-12(15)18-11(14)4-3-8(16-18)9-5-10(19-17-9)7-1-2-7/h3-5,7,14-15H,1-2,6,13H2. The van der Waals surface area contributed by atoms with E-state index in [4.69, 9.17) is 21.1 Å². The Bertz CT molecular complexity index is 682. The van der Waals surface area contributed by atoms with Gasteiger partial charge >= 0.3 is 0 Å². The van der Waals surface area contributed by atoms with Crippen LogP contribution in [-0.2, 0) is 0 Å². The molecule has 4 N–H and O–H groups in total. The Kier molecular flexibility index (Phi) is 2.75. The second kappa shape index (κ2) is 4.43. The smallest absolute Gasteiger partial charge is 0.148 e. The van der Waals surface area contributed by atoms with E-state index in [-0.39, 0.29) is 17.9 Å². The average Bonchev–Trinajstić information content (AvgIpc) is 3.16. The molecule has 1 saturated carbocycles. The number of rotatable bonds is 3. The monoisotopic (exact) mass is 258 g/mol. The molecule has 2 aromatic rings. The quantitative estimate of drug-likeness (QED) is 0.554. The van der Waals surface area contributed by atoms with E-state index in [9.17, 15) is 0 Å². The molecule has 1 aliphatic rings. The third-order valence-electron chi connectivity index (χ3n) is 3.05. The summed E-state index contributed by atoms with van der Waals surface area (Å²) in [5.41, 5.74) is 6.73. The van der Waals surface area contributed by atoms with Gasteiger partial charge in [0.15, 0.2) is 0 Å². The van der Waals surface area contributed by atoms with Crippen LogP contribution in [0.3, 0.4) is 0 Å². The average molecular weight is 258 g/mol. The molecule has 0 saturated heterocycles. The molecule has 7 heteroatoms. The van der Waals surface area contributed by atoms with Gasteiger partial charge in [0.05, 0.1) is 6.54 Å². The summed E-state index contributed by atoms with van der Waals surface area (Å²) in [5.74, 6) is 1.44. The molecular formula is C12H14N6O. The molecule has 0 aromatic carbocycles. The molecular weight excluding hydrogens is 244 g/mol. The largest absolute Gasteiger partial charge is 0.360 e. The van der Waals surface area contributed by atoms with E-state index < -0.39 is 0 Å². The number of aromatic nitrogens is 3. The third kappa shape index (κ3) is 2.19. The fourth-order valence-electron chi connectivity index (χ4n) is 1.82. The molecule has 1 aliphatic carbocycles. The zero-order valence-corrected chi connectivity index (χ0v) is 10.3. The molecule has 0 bridgehead atoms. The van der Waals surface area contributed by atoms with Gasteiger partial charge in [0.2, 0.25) is 0 Å². The SMILES string of the molecule is N=C(CN)n1nc(-c2cc(C3CC3)on2)ccc1=N. The van der Waals surface area contributed by atoms with E-state index in [0.29, 0.717) is 17.3 Å². The molecule has 2 aromatic heterocycles. The molecule has 0 radical (unpaired) electrons. The summed E-state index contributed by atoms with van der Waals surface area (Å²) in [5, 5.41) is 23.6. The van der Waals surface area contributed by atoms with Crippen LogP contribution in [-0.4, -0.2) is 27.3 Å². The molecule has 2 heterocycles. The summed E-state index contributed by atoms with van der Waals surface area (Å²) in [6.07, 6.45) is 2.29. The van der Waals surface area contributed by atoms with Crippen molar-refractivity contribution in [3.05, 3.63) is 29.4 Å². The first-order valence-corrected chi connectivity index (χ1v) is 6.09. The van der Waals surface area contributed by atoms with E-state index in [1.807, 2.05) is 6.07 Å². The van der Waals surface area contributed by atoms with Gasteiger partial charge < -0.3 is 10.3 Å². The van der Waals surface area contributed by atoms with Crippen molar-refractivity contribution in [2.24, 2.45) is 5.73 Å². The molecule has 19 heavy (non-hydrogen) atoms. The third-order valence-corrected chi connectivity index (χ3v) is 3.05. The van der Waals surface area contributed by atoms with Crippen molar-refractivity contribution in [2.45, 2.75) is 18.8 Å². The number of hydrogen-bond donors (Lipinski definition) is 3. The Hall–Kier alpha value is -2.28. The fraction of sp³-hybridized carbons (Fsp3) is 0.333. The first-order chi connectivity index (χ1) is 9.19. The van der Waals surface area contributed by atoms with Gasteiger partial charge in [-0.2, -0.15) is 5.10 Å². The van der Waals surface area contributed by atoms with Crippen LogP contribution >= 0.6 is 0 Å². The minimum absolute atomic E-state index is 0.0269. The molecule has 0 aliphatic heterocycles. The van der Waals surface area contributed by atoms with Crippen LogP contribution in [0, 0.1) is 10.8 Å². The highest BCUT2D eigenvalue weighted by Crippen LogP contribution is 2.40. The van der Waals surface area contributed by atoms with Crippen LogP contribution in [0.15, 0.2) is 22.7 Å². The van der Waals surface area contributed by atoms with Gasteiger partial charge in [-0.15, -0.1) is 0 Å². The first kappa shape index (κ1) is 11.8. The van der Waals surface area contributed by atoms with Crippen LogP contribution in [0.4, 0.5) is 0 Å². The van der Waals surface area contributed by atoms with E-state index in [2.05, 4.69) is 10.3 Å². The predicted molar refractivity (Wildman–Crippen MR) is 67.7 cm³/mol. The maximum Gasteiger partial charge on any atom is 0.148 e. The fourth-order valence-corrected chi connectivity index (χ4v) is 1.82. The summed E-state index contributed by atoms with van der Waals surface area (Å²) in [6, 6.07) is 5.13. The highest BCUT2D eigenvalue weighted by Gasteiger charge is 2.28. The Morgan fingerprint density at radius 3 is 2.89 bits per heavy atom. The number of hydrogen-bond acceptors (Lipinski definition) is 6. The second-order valence-electron chi connectivity index (χ2n) is 4.56. The lowest BCUT2D eigenvalue weighted by Gasteiger charge is -2.05. The summed E-state index contributed by atoms with van der Waals surface area (Å²) in [4.78, 5) is 0. The topological polar surface area (TPSA) is 118 Å². The summed E-state index contributed by atoms with van der Waals surface area (Å²) < 4.78 is 6.47. The van der Waals surface area contributed by atoms with Gasteiger partial charge in [-0.3, -0.25) is 10.8 Å². The Balaban J connectivity index is 1.99. The molecule has 0 atom stereocenters. The van der Waals surface area contributed by atoms with Crippen molar-refractivity contribution in [2.75, 3.05) is 6.54 Å². The Morgan fingerprint density at radius 2 is 2.21 bits per heavy atom. The van der Waals surface area contributed by atoms with Gasteiger partial charge in [0.1, 0.15) is 28.5 Å². The van der Waals surface area contributed by atoms with E-state index in [1.54, 1.807) is 12.1 Å². The van der Waals surface area contributed by atoms with Gasteiger partial charge in [0, 0.05) is 12.0 Å². The maximum absolute atomic E-state index is 7.71. The van der Waals surface area contributed by atoms with Crippen LogP contribution in [0.1, 0.15) is 24.5 Å². The lowest BCUT2D eigenvalue weighted by Crippen LogP contribution is -2.33. The van der Waals surface area contributed by atoms with Crippen molar-refractivity contribution in [3.8, 4) is 11.4 Å². The van der Waals surface area contributed by atoms with E-state index in [1.165, 1.54) is 4.68 Å². The van der Waals surface area contributed by atoms with Crippen LogP contribution in [0.25, 0.3) is 11.4 Å². The summed E-state index contributed by atoms with van der Waals surface area (Å²) in [7, 11) is 0. The van der Waals surface area contributed by atoms with Crippen LogP contribution < -0.4 is 11.2 Å². The number of nitrogens with zero attached hydrogens (tertiary/aromatic N) is 3. The molecule has 7 nitrogen and oxygen atoms in total. The predicted octanol–water partition coefficient (Wildman–Crippen LogP) is 0.679. The highest BCUT2D eigenvalue weighted by molar-refractivity contribution is 5.82. The zero-order chi connectivity index (χ0) is 13.4. The molecule has 3 rings (SSSR count). The Labute approximate surface area is 109 Å². The highest BCUT2D eigenvalue weighted by atomic mass is 16.5. The van der Waals surface area contributed by atoms with Gasteiger partial charge in [-0.25, -0.2) is 4.68 Å². The van der Waals surface area contributed by atoms with E-state index in [0.717, 1.165) is 18.6 Å². The number of nitrogens with two attached hydrogens (primary N) is 1.